The van der Waals surface area contributed by atoms with Crippen LogP contribution in [-0.2, 0) is 0 Å². The SMILES string of the molecule is CC1(C)CC(O)C(C)(C)[C@@H](O)C1. The minimum absolute atomic E-state index is 0.0777. The summed E-state index contributed by atoms with van der Waals surface area (Å²) in [6.07, 6.45) is 0.821. The van der Waals surface area contributed by atoms with E-state index in [1.165, 1.54) is 0 Å². The van der Waals surface area contributed by atoms with Crippen LogP contribution in [0.5, 0.6) is 0 Å². The Morgan fingerprint density at radius 2 is 1.25 bits per heavy atom. The van der Waals surface area contributed by atoms with Crippen LogP contribution in [0.2, 0.25) is 0 Å². The summed E-state index contributed by atoms with van der Waals surface area (Å²) < 4.78 is 0. The standard InChI is InChI=1S/C10H20O2/c1-9(2)5-7(11)10(3,4)8(12)6-9/h7-8,11-12H,5-6H2,1-4H3/t7-,8?/m0/s1. The van der Waals surface area contributed by atoms with Gasteiger partial charge in [-0.05, 0) is 18.3 Å². The second-order valence-corrected chi connectivity index (χ2v) is 5.43. The highest BCUT2D eigenvalue weighted by Crippen LogP contribution is 2.44. The molecule has 12 heavy (non-hydrogen) atoms. The third-order valence-electron chi connectivity index (χ3n) is 3.21. The summed E-state index contributed by atoms with van der Waals surface area (Å²) >= 11 is 0. The van der Waals surface area contributed by atoms with Crippen molar-refractivity contribution in [3.8, 4) is 0 Å². The molecule has 0 aliphatic heterocycles. The zero-order valence-electron chi connectivity index (χ0n) is 8.46. The summed E-state index contributed by atoms with van der Waals surface area (Å²) in [5, 5.41) is 19.6. The topological polar surface area (TPSA) is 40.5 Å². The van der Waals surface area contributed by atoms with E-state index in [9.17, 15) is 10.2 Å². The van der Waals surface area contributed by atoms with E-state index in [-0.39, 0.29) is 23.0 Å². The molecule has 1 fully saturated rings. The first kappa shape index (κ1) is 10.0. The van der Waals surface area contributed by atoms with Crippen molar-refractivity contribution < 1.29 is 10.2 Å². The molecular formula is C10H20O2. The Morgan fingerprint density at radius 1 is 0.917 bits per heavy atom. The summed E-state index contributed by atoms with van der Waals surface area (Å²) in [6, 6.07) is 0. The molecule has 2 atom stereocenters. The zero-order chi connectivity index (χ0) is 9.57. The molecule has 0 aromatic carbocycles. The van der Waals surface area contributed by atoms with Crippen LogP contribution in [0.4, 0.5) is 0 Å². The van der Waals surface area contributed by atoms with Gasteiger partial charge in [-0.3, -0.25) is 0 Å². The number of aliphatic hydroxyl groups excluding tert-OH is 2. The molecule has 0 heterocycles. The Hall–Kier alpha value is -0.0800. The lowest BCUT2D eigenvalue weighted by molar-refractivity contribution is -0.116. The van der Waals surface area contributed by atoms with E-state index < -0.39 is 0 Å². The molecule has 2 heteroatoms. The van der Waals surface area contributed by atoms with Crippen LogP contribution in [0.25, 0.3) is 0 Å². The van der Waals surface area contributed by atoms with Gasteiger partial charge in [-0.1, -0.05) is 27.7 Å². The quantitative estimate of drug-likeness (QED) is 0.582. The molecule has 0 radical (unpaired) electrons. The molecule has 1 saturated carbocycles. The van der Waals surface area contributed by atoms with Gasteiger partial charge in [0.05, 0.1) is 12.2 Å². The first-order chi connectivity index (χ1) is 5.26. The maximum absolute atomic E-state index is 9.78. The van der Waals surface area contributed by atoms with Crippen LogP contribution in [0.15, 0.2) is 0 Å². The largest absolute Gasteiger partial charge is 0.392 e. The van der Waals surface area contributed by atoms with Crippen molar-refractivity contribution >= 4 is 0 Å². The second-order valence-electron chi connectivity index (χ2n) is 5.43. The van der Waals surface area contributed by atoms with Crippen LogP contribution in [0.3, 0.4) is 0 Å². The molecule has 1 unspecified atom stereocenters. The number of hydrogen-bond acceptors (Lipinski definition) is 2. The molecule has 1 rings (SSSR count). The normalized spacial score (nSPS) is 39.5. The lowest BCUT2D eigenvalue weighted by atomic mass is 9.63. The Bertz CT molecular complexity index is 157. The molecule has 0 aromatic heterocycles. The molecule has 0 amide bonds. The molecule has 1 aliphatic carbocycles. The first-order valence-electron chi connectivity index (χ1n) is 4.62. The van der Waals surface area contributed by atoms with Gasteiger partial charge < -0.3 is 10.2 Å². The van der Waals surface area contributed by atoms with E-state index in [1.54, 1.807) is 0 Å². The van der Waals surface area contributed by atoms with Crippen molar-refractivity contribution in [3.05, 3.63) is 0 Å². The maximum Gasteiger partial charge on any atom is 0.0620 e. The van der Waals surface area contributed by atoms with Crippen LogP contribution in [0.1, 0.15) is 40.5 Å². The fraction of sp³-hybridized carbons (Fsp3) is 1.00. The predicted molar refractivity (Wildman–Crippen MR) is 48.8 cm³/mol. The van der Waals surface area contributed by atoms with Gasteiger partial charge in [0.25, 0.3) is 0 Å². The lowest BCUT2D eigenvalue weighted by Gasteiger charge is -2.46. The Kier molecular flexibility index (Phi) is 2.26. The van der Waals surface area contributed by atoms with Crippen molar-refractivity contribution in [2.75, 3.05) is 0 Å². The van der Waals surface area contributed by atoms with Crippen LogP contribution >= 0.6 is 0 Å². The fourth-order valence-electron chi connectivity index (χ4n) is 1.88. The zero-order valence-corrected chi connectivity index (χ0v) is 8.46. The molecule has 72 valence electrons. The molecule has 2 N–H and O–H groups in total. The minimum Gasteiger partial charge on any atom is -0.392 e. The van der Waals surface area contributed by atoms with Gasteiger partial charge in [0, 0.05) is 5.41 Å². The maximum atomic E-state index is 9.78. The lowest BCUT2D eigenvalue weighted by Crippen LogP contribution is -2.49. The van der Waals surface area contributed by atoms with E-state index in [4.69, 9.17) is 0 Å². The van der Waals surface area contributed by atoms with Gasteiger partial charge in [-0.15, -0.1) is 0 Å². The fourth-order valence-corrected chi connectivity index (χ4v) is 1.88. The first-order valence-corrected chi connectivity index (χ1v) is 4.62. The van der Waals surface area contributed by atoms with Gasteiger partial charge in [0.2, 0.25) is 0 Å². The van der Waals surface area contributed by atoms with Crippen LogP contribution < -0.4 is 0 Å². The van der Waals surface area contributed by atoms with E-state index in [2.05, 4.69) is 13.8 Å². The van der Waals surface area contributed by atoms with Crippen LogP contribution in [-0.4, -0.2) is 22.4 Å². The molecule has 0 saturated heterocycles. The van der Waals surface area contributed by atoms with E-state index in [0.717, 1.165) is 12.8 Å². The molecule has 0 bridgehead atoms. The second kappa shape index (κ2) is 2.71. The Labute approximate surface area is 74.6 Å². The highest BCUT2D eigenvalue weighted by Gasteiger charge is 2.45. The molecule has 0 aromatic rings. The monoisotopic (exact) mass is 172 g/mol. The summed E-state index contributed by atoms with van der Waals surface area (Å²) in [4.78, 5) is 0. The van der Waals surface area contributed by atoms with Gasteiger partial charge in [-0.2, -0.15) is 0 Å². The Balaban J connectivity index is 2.78. The van der Waals surface area contributed by atoms with Gasteiger partial charge in [-0.25, -0.2) is 0 Å². The van der Waals surface area contributed by atoms with Crippen molar-refractivity contribution in [2.24, 2.45) is 10.8 Å². The summed E-state index contributed by atoms with van der Waals surface area (Å²) in [5.74, 6) is 0. The third-order valence-corrected chi connectivity index (χ3v) is 3.21. The minimum atomic E-state index is -0.378. The molecule has 2 nitrogen and oxygen atoms in total. The number of aliphatic hydroxyl groups is 2. The number of rotatable bonds is 0. The summed E-state index contributed by atoms with van der Waals surface area (Å²) in [6.45, 7) is 8.04. The van der Waals surface area contributed by atoms with E-state index in [0.29, 0.717) is 0 Å². The van der Waals surface area contributed by atoms with Crippen molar-refractivity contribution in [2.45, 2.75) is 52.7 Å². The predicted octanol–water partition coefficient (Wildman–Crippen LogP) is 1.55. The highest BCUT2D eigenvalue weighted by molar-refractivity contribution is 4.95. The van der Waals surface area contributed by atoms with Gasteiger partial charge in [0.15, 0.2) is 0 Å². The van der Waals surface area contributed by atoms with E-state index in [1.807, 2.05) is 13.8 Å². The van der Waals surface area contributed by atoms with Crippen LogP contribution in [0, 0.1) is 10.8 Å². The molecule has 0 spiro atoms. The van der Waals surface area contributed by atoms with Crippen molar-refractivity contribution in [1.82, 2.24) is 0 Å². The molecule has 1 aliphatic rings. The Morgan fingerprint density at radius 3 is 1.58 bits per heavy atom. The summed E-state index contributed by atoms with van der Waals surface area (Å²) in [5.41, 5.74) is -0.260. The van der Waals surface area contributed by atoms with Crippen molar-refractivity contribution in [3.63, 3.8) is 0 Å². The van der Waals surface area contributed by atoms with Gasteiger partial charge in [0.1, 0.15) is 0 Å². The number of hydrogen-bond donors (Lipinski definition) is 2. The smallest absolute Gasteiger partial charge is 0.0620 e. The van der Waals surface area contributed by atoms with Crippen molar-refractivity contribution in [1.29, 1.82) is 0 Å². The van der Waals surface area contributed by atoms with E-state index >= 15 is 0 Å². The average molecular weight is 172 g/mol. The highest BCUT2D eigenvalue weighted by atomic mass is 16.3. The summed E-state index contributed by atoms with van der Waals surface area (Å²) in [7, 11) is 0. The van der Waals surface area contributed by atoms with Gasteiger partial charge >= 0.3 is 0 Å². The third kappa shape index (κ3) is 1.64. The molecular weight excluding hydrogens is 152 g/mol. The average Bonchev–Trinajstić information content (AvgIpc) is 1.82.